The predicted octanol–water partition coefficient (Wildman–Crippen LogP) is 4.86. The minimum absolute atomic E-state index is 0.978. The highest BCUT2D eigenvalue weighted by molar-refractivity contribution is 5.31. The number of benzene rings is 1. The van der Waals surface area contributed by atoms with Crippen LogP contribution in [0.3, 0.4) is 0 Å². The van der Waals surface area contributed by atoms with E-state index < -0.39 is 0 Å². The zero-order valence-electron chi connectivity index (χ0n) is 10.6. The lowest BCUT2D eigenvalue weighted by molar-refractivity contribution is 1.20. The second-order valence-electron chi connectivity index (χ2n) is 2.92. The number of allylic oxidation sites excluding steroid dienone is 1. The van der Waals surface area contributed by atoms with Gasteiger partial charge in [-0.25, -0.2) is 0 Å². The van der Waals surface area contributed by atoms with Gasteiger partial charge in [-0.05, 0) is 31.4 Å². The molecule has 1 aromatic rings. The van der Waals surface area contributed by atoms with Crippen LogP contribution in [-0.4, -0.2) is 0 Å². The van der Waals surface area contributed by atoms with Crippen molar-refractivity contribution in [2.24, 2.45) is 0 Å². The molecule has 0 heterocycles. The van der Waals surface area contributed by atoms with E-state index in [0.29, 0.717) is 0 Å². The molecule has 0 unspecified atom stereocenters. The lowest BCUT2D eigenvalue weighted by Crippen LogP contribution is -1.86. The molecule has 0 spiro atoms. The van der Waals surface area contributed by atoms with E-state index >= 15 is 0 Å². The van der Waals surface area contributed by atoms with Crippen molar-refractivity contribution >= 4 is 0 Å². The largest absolute Gasteiger partial charge is 0.106 e. The zero-order valence-corrected chi connectivity index (χ0v) is 10.6. The van der Waals surface area contributed by atoms with E-state index in [0.717, 1.165) is 6.42 Å². The maximum atomic E-state index is 3.72. The smallest absolute Gasteiger partial charge is 0.00975 e. The Morgan fingerprint density at radius 3 is 2.07 bits per heavy atom. The summed E-state index contributed by atoms with van der Waals surface area (Å²) < 4.78 is 0. The molecule has 0 fully saturated rings. The van der Waals surface area contributed by atoms with Crippen LogP contribution < -0.4 is 0 Å². The van der Waals surface area contributed by atoms with Crippen LogP contribution in [0, 0.1) is 13.8 Å². The number of hydrogen-bond donors (Lipinski definition) is 0. The molecule has 0 aromatic heterocycles. The minimum atomic E-state index is 0.978. The molecule has 0 heteroatoms. The Labute approximate surface area is 95.3 Å². The highest BCUT2D eigenvalue weighted by Gasteiger charge is 1.94. The van der Waals surface area contributed by atoms with Gasteiger partial charge in [0, 0.05) is 0 Å². The predicted molar refractivity (Wildman–Crippen MR) is 72.4 cm³/mol. The van der Waals surface area contributed by atoms with Gasteiger partial charge in [-0.3, -0.25) is 0 Å². The van der Waals surface area contributed by atoms with Crippen molar-refractivity contribution in [3.05, 3.63) is 60.7 Å². The van der Waals surface area contributed by atoms with Crippen LogP contribution in [-0.2, 0) is 6.42 Å². The maximum Gasteiger partial charge on any atom is -0.00975 e. The monoisotopic (exact) mass is 204 g/mol. The van der Waals surface area contributed by atoms with Crippen molar-refractivity contribution in [3.8, 4) is 0 Å². The lowest BCUT2D eigenvalue weighted by Gasteiger charge is -2.02. The normalized spacial score (nSPS) is 7.73. The Hall–Kier alpha value is -1.30. The third-order valence-corrected chi connectivity index (χ3v) is 1.86. The first-order valence-electron chi connectivity index (χ1n) is 5.41. The van der Waals surface area contributed by atoms with Crippen LogP contribution >= 0.6 is 0 Å². The maximum absolute atomic E-state index is 3.72. The first kappa shape index (κ1) is 16.1. The van der Waals surface area contributed by atoms with Crippen molar-refractivity contribution < 1.29 is 0 Å². The van der Waals surface area contributed by atoms with Crippen LogP contribution in [0.2, 0.25) is 0 Å². The molecule has 0 amide bonds. The Morgan fingerprint density at radius 2 is 1.67 bits per heavy atom. The van der Waals surface area contributed by atoms with Crippen LogP contribution in [0.1, 0.15) is 30.5 Å². The van der Waals surface area contributed by atoms with Gasteiger partial charge in [-0.2, -0.15) is 0 Å². The first-order chi connectivity index (χ1) is 7.24. The molecule has 0 aliphatic heterocycles. The van der Waals surface area contributed by atoms with Crippen molar-refractivity contribution in [1.29, 1.82) is 0 Å². The Balaban J connectivity index is 0. The summed E-state index contributed by atoms with van der Waals surface area (Å²) in [5, 5.41) is 0. The van der Waals surface area contributed by atoms with E-state index in [9.17, 15) is 0 Å². The zero-order chi connectivity index (χ0) is 12.3. The molecule has 1 aromatic carbocycles. The van der Waals surface area contributed by atoms with Gasteiger partial charge in [-0.1, -0.05) is 43.7 Å². The number of aryl methyl sites for hydroxylation is 2. The Bertz CT molecular complexity index is 271. The summed E-state index contributed by atoms with van der Waals surface area (Å²) in [7, 11) is 0. The molecule has 0 N–H and O–H groups in total. The second-order valence-corrected chi connectivity index (χ2v) is 2.92. The van der Waals surface area contributed by atoms with Crippen molar-refractivity contribution in [2.75, 3.05) is 0 Å². The third-order valence-electron chi connectivity index (χ3n) is 1.86. The quantitative estimate of drug-likeness (QED) is 0.603. The molecule has 0 radical (unpaired) electrons. The molecular formula is C15H24. The van der Waals surface area contributed by atoms with Crippen LogP contribution in [0.15, 0.2) is 44.0 Å². The third kappa shape index (κ3) is 6.73. The van der Waals surface area contributed by atoms with Gasteiger partial charge in [0.15, 0.2) is 0 Å². The fourth-order valence-electron chi connectivity index (χ4n) is 1.23. The van der Waals surface area contributed by atoms with E-state index in [4.69, 9.17) is 0 Å². The number of rotatable bonds is 2. The first-order valence-corrected chi connectivity index (χ1v) is 5.41. The summed E-state index contributed by atoms with van der Waals surface area (Å²) >= 11 is 0. The highest BCUT2D eigenvalue weighted by atomic mass is 14.0. The minimum Gasteiger partial charge on any atom is -0.106 e. The summed E-state index contributed by atoms with van der Waals surface area (Å²) in [6, 6.07) is 6.52. The van der Waals surface area contributed by atoms with Crippen molar-refractivity contribution in [1.82, 2.24) is 0 Å². The van der Waals surface area contributed by atoms with E-state index in [2.05, 4.69) is 51.8 Å². The fourth-order valence-corrected chi connectivity index (χ4v) is 1.23. The molecule has 84 valence electrons. The number of hydrogen-bond acceptors (Lipinski definition) is 0. The Morgan fingerprint density at radius 1 is 1.13 bits per heavy atom. The average Bonchev–Trinajstić information content (AvgIpc) is 2.28. The van der Waals surface area contributed by atoms with Gasteiger partial charge in [0.25, 0.3) is 0 Å². The van der Waals surface area contributed by atoms with Gasteiger partial charge < -0.3 is 0 Å². The summed E-state index contributed by atoms with van der Waals surface area (Å²) in [5.41, 5.74) is 4.07. The Kier molecular flexibility index (Phi) is 11.6. The molecule has 0 saturated heterocycles. The molecule has 0 atom stereocenters. The molecule has 0 saturated carbocycles. The fraction of sp³-hybridized carbons (Fsp3) is 0.333. The van der Waals surface area contributed by atoms with E-state index in [1.54, 1.807) is 0 Å². The molecule has 0 aliphatic carbocycles. The van der Waals surface area contributed by atoms with Crippen LogP contribution in [0.5, 0.6) is 0 Å². The van der Waals surface area contributed by atoms with Crippen molar-refractivity contribution in [3.63, 3.8) is 0 Å². The van der Waals surface area contributed by atoms with Gasteiger partial charge >= 0.3 is 0 Å². The average molecular weight is 204 g/mol. The highest BCUT2D eigenvalue weighted by Crippen LogP contribution is 2.10. The van der Waals surface area contributed by atoms with E-state index in [1.165, 1.54) is 16.7 Å². The molecule has 0 bridgehead atoms. The molecule has 1 rings (SSSR count). The molecule has 0 nitrogen and oxygen atoms in total. The standard InChI is InChI=1S/C11H14.C2H6.C2H4/c1-4-5-11-7-6-9(2)8-10(11)3;2*1-2/h4,6-8H,1,5H2,2-3H3;1-2H3;1-2H2. The van der Waals surface area contributed by atoms with Crippen LogP contribution in [0.25, 0.3) is 0 Å². The summed E-state index contributed by atoms with van der Waals surface area (Å²) in [6.07, 6.45) is 2.92. The van der Waals surface area contributed by atoms with Gasteiger partial charge in [0.1, 0.15) is 0 Å². The second kappa shape index (κ2) is 10.8. The molecular weight excluding hydrogens is 180 g/mol. The topological polar surface area (TPSA) is 0 Å². The summed E-state index contributed by atoms with van der Waals surface area (Å²) in [4.78, 5) is 0. The molecule has 15 heavy (non-hydrogen) atoms. The van der Waals surface area contributed by atoms with E-state index in [1.807, 2.05) is 19.9 Å². The van der Waals surface area contributed by atoms with Gasteiger partial charge in [0.2, 0.25) is 0 Å². The molecule has 0 aliphatic rings. The van der Waals surface area contributed by atoms with Gasteiger partial charge in [-0.15, -0.1) is 19.7 Å². The lowest BCUT2D eigenvalue weighted by atomic mass is 10.0. The van der Waals surface area contributed by atoms with Crippen molar-refractivity contribution in [2.45, 2.75) is 34.1 Å². The SMILES string of the molecule is C=C.C=CCc1ccc(C)cc1C.CC. The summed E-state index contributed by atoms with van der Waals surface area (Å²) in [5.74, 6) is 0. The van der Waals surface area contributed by atoms with E-state index in [-0.39, 0.29) is 0 Å². The van der Waals surface area contributed by atoms with Crippen LogP contribution in [0.4, 0.5) is 0 Å². The van der Waals surface area contributed by atoms with Gasteiger partial charge in [0.05, 0.1) is 0 Å². The summed E-state index contributed by atoms with van der Waals surface area (Å²) in [6.45, 7) is 18.0.